The number of amides is 5. The van der Waals surface area contributed by atoms with E-state index in [1.54, 1.807) is 6.07 Å². The van der Waals surface area contributed by atoms with Crippen LogP contribution in [0.15, 0.2) is 48.0 Å². The molecule has 1 saturated heterocycles. The Hall–Kier alpha value is -3.72. The highest BCUT2D eigenvalue weighted by atomic mass is 35.5. The van der Waals surface area contributed by atoms with Crippen LogP contribution in [0.1, 0.15) is 31.2 Å². The molecular formula is C24H21ClFN3O5. The maximum absolute atomic E-state index is 13.0. The molecule has 1 saturated carbocycles. The third-order valence-corrected chi connectivity index (χ3v) is 5.87. The topological polar surface area (TPSA) is 105 Å². The normalized spacial score (nSPS) is 17.8. The zero-order valence-corrected chi connectivity index (χ0v) is 18.7. The molecule has 1 aliphatic carbocycles. The highest BCUT2D eigenvalue weighted by Gasteiger charge is 2.40. The van der Waals surface area contributed by atoms with E-state index >= 15 is 0 Å². The SMILES string of the molecule is O=C(COc1ccc(/C=C2\C(=O)NC(=O)N(C3CCCC3)C2=O)cc1Cl)Nc1ccc(F)cc1. The number of rotatable bonds is 6. The van der Waals surface area contributed by atoms with Crippen LogP contribution in [0.2, 0.25) is 5.02 Å². The van der Waals surface area contributed by atoms with Crippen molar-refractivity contribution in [2.45, 2.75) is 31.7 Å². The van der Waals surface area contributed by atoms with Gasteiger partial charge in [-0.25, -0.2) is 9.18 Å². The van der Waals surface area contributed by atoms with Gasteiger partial charge in [0.05, 0.1) is 5.02 Å². The molecule has 5 amide bonds. The fourth-order valence-corrected chi connectivity index (χ4v) is 4.17. The molecule has 4 rings (SSSR count). The number of anilines is 1. The molecule has 8 nitrogen and oxygen atoms in total. The zero-order chi connectivity index (χ0) is 24.2. The third-order valence-electron chi connectivity index (χ3n) is 5.58. The lowest BCUT2D eigenvalue weighted by Crippen LogP contribution is -2.57. The van der Waals surface area contributed by atoms with Crippen LogP contribution < -0.4 is 15.4 Å². The van der Waals surface area contributed by atoms with Gasteiger partial charge in [-0.1, -0.05) is 30.5 Å². The Morgan fingerprint density at radius 3 is 2.53 bits per heavy atom. The Bertz CT molecular complexity index is 1180. The molecule has 1 aliphatic heterocycles. The number of hydrogen-bond donors (Lipinski definition) is 2. The summed E-state index contributed by atoms with van der Waals surface area (Å²) in [6.07, 6.45) is 4.64. The first-order chi connectivity index (χ1) is 16.3. The van der Waals surface area contributed by atoms with Gasteiger partial charge >= 0.3 is 6.03 Å². The van der Waals surface area contributed by atoms with Gasteiger partial charge in [0.15, 0.2) is 6.61 Å². The van der Waals surface area contributed by atoms with Crippen LogP contribution in [-0.2, 0) is 14.4 Å². The molecule has 2 aromatic rings. The van der Waals surface area contributed by atoms with Crippen LogP contribution in [0, 0.1) is 5.82 Å². The summed E-state index contributed by atoms with van der Waals surface area (Å²) >= 11 is 6.26. The second-order valence-corrected chi connectivity index (χ2v) is 8.37. The fraction of sp³-hybridized carbons (Fsp3) is 0.250. The molecule has 0 spiro atoms. The number of ether oxygens (including phenoxy) is 1. The van der Waals surface area contributed by atoms with Gasteiger partial charge in [0.25, 0.3) is 17.7 Å². The van der Waals surface area contributed by atoms with Crippen molar-refractivity contribution in [1.82, 2.24) is 10.2 Å². The Morgan fingerprint density at radius 1 is 1.15 bits per heavy atom. The van der Waals surface area contributed by atoms with Crippen LogP contribution in [-0.4, -0.2) is 41.3 Å². The smallest absolute Gasteiger partial charge is 0.331 e. The van der Waals surface area contributed by atoms with Crippen molar-refractivity contribution in [3.8, 4) is 5.75 Å². The van der Waals surface area contributed by atoms with Gasteiger partial charge in [-0.3, -0.25) is 24.6 Å². The van der Waals surface area contributed by atoms with E-state index in [2.05, 4.69) is 10.6 Å². The summed E-state index contributed by atoms with van der Waals surface area (Å²) in [5.41, 5.74) is 0.714. The number of hydrogen-bond acceptors (Lipinski definition) is 5. The Morgan fingerprint density at radius 2 is 1.85 bits per heavy atom. The quantitative estimate of drug-likeness (QED) is 0.477. The molecule has 2 aliphatic rings. The fourth-order valence-electron chi connectivity index (χ4n) is 3.93. The Kier molecular flexibility index (Phi) is 6.93. The van der Waals surface area contributed by atoms with Crippen molar-refractivity contribution in [3.05, 3.63) is 64.4 Å². The number of urea groups is 1. The average molecular weight is 486 g/mol. The number of benzene rings is 2. The molecule has 2 fully saturated rings. The third kappa shape index (κ3) is 5.26. The predicted octanol–water partition coefficient (Wildman–Crippen LogP) is 3.90. The van der Waals surface area contributed by atoms with E-state index in [-0.39, 0.29) is 29.0 Å². The molecule has 34 heavy (non-hydrogen) atoms. The second-order valence-electron chi connectivity index (χ2n) is 7.96. The average Bonchev–Trinajstić information content (AvgIpc) is 3.32. The largest absolute Gasteiger partial charge is 0.482 e. The van der Waals surface area contributed by atoms with E-state index in [4.69, 9.17) is 16.3 Å². The number of nitrogens with one attached hydrogen (secondary N) is 2. The van der Waals surface area contributed by atoms with Crippen LogP contribution >= 0.6 is 11.6 Å². The molecular weight excluding hydrogens is 465 g/mol. The number of imide groups is 2. The predicted molar refractivity (Wildman–Crippen MR) is 123 cm³/mol. The van der Waals surface area contributed by atoms with Gasteiger partial charge in [0, 0.05) is 11.7 Å². The first kappa shape index (κ1) is 23.4. The number of barbiturate groups is 1. The zero-order valence-electron chi connectivity index (χ0n) is 18.0. The molecule has 0 unspecified atom stereocenters. The molecule has 2 aromatic carbocycles. The molecule has 1 heterocycles. The van der Waals surface area contributed by atoms with E-state index in [1.807, 2.05) is 0 Å². The van der Waals surface area contributed by atoms with E-state index in [9.17, 15) is 23.6 Å². The van der Waals surface area contributed by atoms with Crippen LogP contribution in [0.3, 0.4) is 0 Å². The van der Waals surface area contributed by atoms with Gasteiger partial charge in [-0.05, 0) is 60.9 Å². The lowest BCUT2D eigenvalue weighted by Gasteiger charge is -2.31. The van der Waals surface area contributed by atoms with E-state index < -0.39 is 29.6 Å². The van der Waals surface area contributed by atoms with Gasteiger partial charge < -0.3 is 10.1 Å². The summed E-state index contributed by atoms with van der Waals surface area (Å²) in [7, 11) is 0. The summed E-state index contributed by atoms with van der Waals surface area (Å²) in [4.78, 5) is 50.6. The lowest BCUT2D eigenvalue weighted by atomic mass is 10.1. The molecule has 0 atom stereocenters. The summed E-state index contributed by atoms with van der Waals surface area (Å²) in [5, 5.41) is 4.96. The lowest BCUT2D eigenvalue weighted by molar-refractivity contribution is -0.131. The number of halogens is 2. The standard InChI is InChI=1S/C24H21ClFN3O5/c25-19-12-14(5-10-20(19)34-13-21(30)27-16-8-6-15(26)7-9-16)11-18-22(31)28-24(33)29(23(18)32)17-3-1-2-4-17/h5-12,17H,1-4,13H2,(H,27,30)(H,28,31,33)/b18-11+. The summed E-state index contributed by atoms with van der Waals surface area (Å²) in [6.45, 7) is -0.336. The minimum absolute atomic E-state index is 0.157. The monoisotopic (exact) mass is 485 g/mol. The molecule has 176 valence electrons. The number of carbonyl (C=O) groups excluding carboxylic acids is 4. The van der Waals surface area contributed by atoms with Gasteiger partial charge in [0.1, 0.15) is 17.1 Å². The maximum Gasteiger partial charge on any atom is 0.331 e. The first-order valence-electron chi connectivity index (χ1n) is 10.7. The van der Waals surface area contributed by atoms with Crippen molar-refractivity contribution >= 4 is 47.1 Å². The molecule has 0 aromatic heterocycles. The molecule has 0 radical (unpaired) electrons. The van der Waals surface area contributed by atoms with E-state index in [1.165, 1.54) is 42.5 Å². The summed E-state index contributed by atoms with van der Waals surface area (Å²) < 4.78 is 18.4. The minimum atomic E-state index is -0.766. The number of carbonyl (C=O) groups is 4. The van der Waals surface area contributed by atoms with E-state index in [0.29, 0.717) is 24.1 Å². The highest BCUT2D eigenvalue weighted by molar-refractivity contribution is 6.33. The van der Waals surface area contributed by atoms with Gasteiger partial charge in [-0.15, -0.1) is 0 Å². The Balaban J connectivity index is 1.43. The first-order valence-corrected chi connectivity index (χ1v) is 11.1. The Labute approximate surface area is 199 Å². The van der Waals surface area contributed by atoms with Gasteiger partial charge in [-0.2, -0.15) is 0 Å². The summed E-state index contributed by atoms with van der Waals surface area (Å²) in [5.74, 6) is -2.05. The van der Waals surface area contributed by atoms with Crippen LogP contribution in [0.25, 0.3) is 6.08 Å². The second kappa shape index (κ2) is 10.0. The van der Waals surface area contributed by atoms with Crippen LogP contribution in [0.4, 0.5) is 14.9 Å². The number of nitrogens with zero attached hydrogens (tertiary/aromatic N) is 1. The van der Waals surface area contributed by atoms with Crippen molar-refractivity contribution in [1.29, 1.82) is 0 Å². The van der Waals surface area contributed by atoms with Crippen molar-refractivity contribution in [3.63, 3.8) is 0 Å². The maximum atomic E-state index is 13.0. The van der Waals surface area contributed by atoms with Crippen LogP contribution in [0.5, 0.6) is 5.75 Å². The van der Waals surface area contributed by atoms with Crippen molar-refractivity contribution in [2.24, 2.45) is 0 Å². The van der Waals surface area contributed by atoms with Crippen molar-refractivity contribution < 1.29 is 28.3 Å². The minimum Gasteiger partial charge on any atom is -0.482 e. The van der Waals surface area contributed by atoms with Gasteiger partial charge in [0.2, 0.25) is 0 Å². The van der Waals surface area contributed by atoms with Crippen molar-refractivity contribution in [2.75, 3.05) is 11.9 Å². The molecule has 10 heteroatoms. The molecule has 2 N–H and O–H groups in total. The highest BCUT2D eigenvalue weighted by Crippen LogP contribution is 2.29. The molecule has 0 bridgehead atoms. The van der Waals surface area contributed by atoms with E-state index in [0.717, 1.165) is 17.7 Å². The summed E-state index contributed by atoms with van der Waals surface area (Å²) in [6, 6.07) is 8.94.